The van der Waals surface area contributed by atoms with Crippen molar-refractivity contribution in [2.45, 2.75) is 13.3 Å². The minimum Gasteiger partial charge on any atom is -0.491 e. The molecule has 0 spiro atoms. The van der Waals surface area contributed by atoms with Crippen molar-refractivity contribution >= 4 is 29.4 Å². The molecule has 1 unspecified atom stereocenters. The second-order valence-corrected chi connectivity index (χ2v) is 9.34. The van der Waals surface area contributed by atoms with Crippen LogP contribution in [0.1, 0.15) is 34.4 Å². The molecule has 2 aromatic heterocycles. The van der Waals surface area contributed by atoms with Crippen molar-refractivity contribution in [3.05, 3.63) is 70.5 Å². The Bertz CT molecular complexity index is 1370. The van der Waals surface area contributed by atoms with Crippen LogP contribution in [0.15, 0.2) is 48.0 Å². The average Bonchev–Trinajstić information content (AvgIpc) is 3.31. The van der Waals surface area contributed by atoms with Crippen molar-refractivity contribution in [3.63, 3.8) is 0 Å². The van der Waals surface area contributed by atoms with Crippen LogP contribution in [-0.2, 0) is 11.2 Å². The number of ether oxygens (including phenoxy) is 2. The summed E-state index contributed by atoms with van der Waals surface area (Å²) >= 11 is 6.40. The van der Waals surface area contributed by atoms with E-state index in [1.165, 1.54) is 6.20 Å². The van der Waals surface area contributed by atoms with Crippen LogP contribution >= 0.6 is 11.6 Å². The monoisotopic (exact) mass is 518 g/mol. The van der Waals surface area contributed by atoms with E-state index in [0.717, 1.165) is 45.1 Å². The first kappa shape index (κ1) is 25.0. The minimum absolute atomic E-state index is 0.312. The van der Waals surface area contributed by atoms with Gasteiger partial charge in [0.05, 0.1) is 30.0 Å². The van der Waals surface area contributed by atoms with Crippen LogP contribution in [0.25, 0.3) is 0 Å². The summed E-state index contributed by atoms with van der Waals surface area (Å²) in [5.74, 6) is 7.63. The molecule has 1 amide bonds. The van der Waals surface area contributed by atoms with Crippen molar-refractivity contribution in [1.82, 2.24) is 19.5 Å². The molecule has 37 heavy (non-hydrogen) atoms. The minimum atomic E-state index is -0.312. The number of amides is 1. The van der Waals surface area contributed by atoms with E-state index in [0.29, 0.717) is 45.8 Å². The second-order valence-electron chi connectivity index (χ2n) is 8.93. The predicted octanol–water partition coefficient (Wildman–Crippen LogP) is 3.32. The van der Waals surface area contributed by atoms with E-state index in [9.17, 15) is 4.79 Å². The Morgan fingerprint density at radius 1 is 1.22 bits per heavy atom. The molecule has 0 saturated carbocycles. The van der Waals surface area contributed by atoms with Gasteiger partial charge in [-0.1, -0.05) is 24.4 Å². The van der Waals surface area contributed by atoms with Gasteiger partial charge in [-0.15, -0.1) is 0 Å². The third-order valence-corrected chi connectivity index (χ3v) is 6.34. The molecule has 10 heteroatoms. The van der Waals surface area contributed by atoms with E-state index < -0.39 is 0 Å². The number of halogens is 1. The summed E-state index contributed by atoms with van der Waals surface area (Å²) in [6.07, 6.45) is 7.54. The Hall–Kier alpha value is -3.71. The summed E-state index contributed by atoms with van der Waals surface area (Å²) in [6.45, 7) is 6.74. The second kappa shape index (κ2) is 11.6. The zero-order chi connectivity index (χ0) is 25.6. The van der Waals surface area contributed by atoms with Crippen molar-refractivity contribution < 1.29 is 14.3 Å². The number of nitrogens with one attached hydrogen (secondary N) is 1. The maximum absolute atomic E-state index is 12.8. The average molecular weight is 519 g/mol. The zero-order valence-corrected chi connectivity index (χ0v) is 21.2. The molecule has 2 aliphatic rings. The number of morpholine rings is 1. The van der Waals surface area contributed by atoms with E-state index in [-0.39, 0.29) is 5.91 Å². The van der Waals surface area contributed by atoms with Crippen molar-refractivity contribution in [2.75, 3.05) is 44.8 Å². The number of anilines is 1. The molecule has 1 aromatic carbocycles. The van der Waals surface area contributed by atoms with Crippen LogP contribution in [0.5, 0.6) is 5.75 Å². The van der Waals surface area contributed by atoms with Gasteiger partial charge in [0.2, 0.25) is 0 Å². The number of rotatable bonds is 6. The van der Waals surface area contributed by atoms with Crippen LogP contribution in [0.2, 0.25) is 5.02 Å². The first-order valence-electron chi connectivity index (χ1n) is 12.2. The summed E-state index contributed by atoms with van der Waals surface area (Å²) in [7, 11) is 0. The molecule has 1 fully saturated rings. The Balaban J connectivity index is 1.20. The highest BCUT2D eigenvalue weighted by atomic mass is 35.5. The van der Waals surface area contributed by atoms with Crippen LogP contribution in [0.3, 0.4) is 0 Å². The molecule has 2 aliphatic heterocycles. The van der Waals surface area contributed by atoms with Gasteiger partial charge < -0.3 is 14.8 Å². The zero-order valence-electron chi connectivity index (χ0n) is 20.5. The summed E-state index contributed by atoms with van der Waals surface area (Å²) in [4.78, 5) is 23.7. The number of pyridine rings is 1. The van der Waals surface area contributed by atoms with Crippen LogP contribution < -0.4 is 10.1 Å². The molecule has 190 valence electrons. The van der Waals surface area contributed by atoms with Crippen molar-refractivity contribution in [2.24, 2.45) is 11.0 Å². The van der Waals surface area contributed by atoms with Crippen LogP contribution in [0, 0.1) is 17.8 Å². The van der Waals surface area contributed by atoms with Gasteiger partial charge in [0.25, 0.3) is 5.91 Å². The molecule has 9 nitrogen and oxygen atoms in total. The third kappa shape index (κ3) is 6.35. The lowest BCUT2D eigenvalue weighted by Gasteiger charge is -2.26. The number of nitrogens with zero attached hydrogens (tertiary/aromatic N) is 5. The van der Waals surface area contributed by atoms with Gasteiger partial charge in [-0.25, -0.2) is 9.66 Å². The highest BCUT2D eigenvalue weighted by Gasteiger charge is 2.15. The molecule has 0 radical (unpaired) electrons. The van der Waals surface area contributed by atoms with Crippen molar-refractivity contribution in [1.29, 1.82) is 0 Å². The fraction of sp³-hybridized carbons (Fsp3) is 0.333. The first-order chi connectivity index (χ1) is 18.0. The number of hydrogen-bond donors (Lipinski definition) is 1. The van der Waals surface area contributed by atoms with Gasteiger partial charge in [-0.3, -0.25) is 14.7 Å². The quantitative estimate of drug-likeness (QED) is 0.503. The Morgan fingerprint density at radius 2 is 2.08 bits per heavy atom. The molecule has 0 aliphatic carbocycles. The van der Waals surface area contributed by atoms with Crippen molar-refractivity contribution in [3.8, 4) is 17.6 Å². The van der Waals surface area contributed by atoms with E-state index in [2.05, 4.69) is 44.1 Å². The fourth-order valence-corrected chi connectivity index (χ4v) is 4.27. The predicted molar refractivity (Wildman–Crippen MR) is 141 cm³/mol. The van der Waals surface area contributed by atoms with Gasteiger partial charge in [-0.05, 0) is 30.2 Å². The number of imidazole rings is 1. The first-order valence-corrected chi connectivity index (χ1v) is 12.5. The molecule has 4 heterocycles. The summed E-state index contributed by atoms with van der Waals surface area (Å²) in [6, 6.07) is 6.88. The van der Waals surface area contributed by atoms with Crippen LogP contribution in [0.4, 0.5) is 5.69 Å². The molecule has 0 bridgehead atoms. The number of hydrogen-bond acceptors (Lipinski definition) is 7. The summed E-state index contributed by atoms with van der Waals surface area (Å²) in [5, 5.41) is 7.69. The highest BCUT2D eigenvalue weighted by Crippen LogP contribution is 2.28. The molecular weight excluding hydrogens is 492 g/mol. The number of fused-ring (bicyclic) bond motifs is 1. The van der Waals surface area contributed by atoms with Gasteiger partial charge >= 0.3 is 0 Å². The van der Waals surface area contributed by atoms with E-state index >= 15 is 0 Å². The number of aromatic nitrogens is 3. The third-order valence-electron chi connectivity index (χ3n) is 6.04. The number of benzene rings is 1. The maximum atomic E-state index is 12.8. The fourth-order valence-electron chi connectivity index (χ4n) is 4.04. The largest absolute Gasteiger partial charge is 0.491 e. The van der Waals surface area contributed by atoms with E-state index in [4.69, 9.17) is 21.1 Å². The normalized spacial score (nSPS) is 17.0. The molecule has 3 aromatic rings. The lowest BCUT2D eigenvalue weighted by Crippen LogP contribution is -2.38. The van der Waals surface area contributed by atoms with Gasteiger partial charge in [0.1, 0.15) is 23.9 Å². The van der Waals surface area contributed by atoms with E-state index in [1.54, 1.807) is 41.3 Å². The molecule has 1 atom stereocenters. The topological polar surface area (TPSA) is 93.9 Å². The smallest absolute Gasteiger partial charge is 0.257 e. The maximum Gasteiger partial charge on any atom is 0.257 e. The Morgan fingerprint density at radius 3 is 2.92 bits per heavy atom. The Kier molecular flexibility index (Phi) is 7.80. The molecule has 1 saturated heterocycles. The SMILES string of the molecule is CC1C=Nn2c(C#Cc3cncc(C(=O)Nc4ccc(OCCN5CCOCC5)c(Cl)c4)c3)cnc2C1. The van der Waals surface area contributed by atoms with E-state index in [1.807, 2.05) is 6.21 Å². The molecule has 5 rings (SSSR count). The molecule has 1 N–H and O–H groups in total. The Labute approximate surface area is 220 Å². The highest BCUT2D eigenvalue weighted by molar-refractivity contribution is 6.32. The number of carbonyl (C=O) groups is 1. The lowest BCUT2D eigenvalue weighted by atomic mass is 10.1. The standard InChI is InChI=1S/C27H27ClN6O3/c1-19-12-26-30-18-23(34(26)31-15-19)4-2-20-13-21(17-29-16-20)27(35)32-22-3-5-25(24(28)14-22)37-11-8-33-6-9-36-10-7-33/h3,5,13-19H,6-12H2,1H3,(H,32,35). The van der Waals surface area contributed by atoms with Crippen LogP contribution in [-0.4, -0.2) is 71.1 Å². The summed E-state index contributed by atoms with van der Waals surface area (Å²) < 4.78 is 12.9. The van der Waals surface area contributed by atoms with Gasteiger partial charge in [0.15, 0.2) is 0 Å². The molecular formula is C27H27ClN6O3. The van der Waals surface area contributed by atoms with Gasteiger partial charge in [0, 0.05) is 61.8 Å². The lowest BCUT2D eigenvalue weighted by molar-refractivity contribution is 0.0322. The number of carbonyl (C=O) groups excluding carboxylic acids is 1. The summed E-state index contributed by atoms with van der Waals surface area (Å²) in [5.41, 5.74) is 2.24. The van der Waals surface area contributed by atoms with Gasteiger partial charge in [-0.2, -0.15) is 5.10 Å².